The second-order valence-corrected chi connectivity index (χ2v) is 8.81. The van der Waals surface area contributed by atoms with Crippen LogP contribution in [0.15, 0.2) is 12.1 Å². The quantitative estimate of drug-likeness (QED) is 0.838. The Labute approximate surface area is 152 Å². The van der Waals surface area contributed by atoms with Gasteiger partial charge in [0.2, 0.25) is 11.9 Å². The van der Waals surface area contributed by atoms with Gasteiger partial charge < -0.3 is 9.67 Å². The highest BCUT2D eigenvalue weighted by atomic mass is 19.1. The van der Waals surface area contributed by atoms with Crippen molar-refractivity contribution in [2.24, 2.45) is 5.41 Å². The van der Waals surface area contributed by atoms with Crippen LogP contribution in [0.2, 0.25) is 0 Å². The van der Waals surface area contributed by atoms with Crippen LogP contribution in [0.25, 0.3) is 11.0 Å². The fourth-order valence-corrected chi connectivity index (χ4v) is 3.56. The van der Waals surface area contributed by atoms with Crippen LogP contribution in [0.3, 0.4) is 0 Å². The van der Waals surface area contributed by atoms with Crippen LogP contribution >= 0.6 is 0 Å². The number of nitrogens with zero attached hydrogens (tertiary/aromatic N) is 2. The van der Waals surface area contributed by atoms with Gasteiger partial charge >= 0.3 is 0 Å². The zero-order valence-corrected chi connectivity index (χ0v) is 15.6. The fraction of sp³-hybridized carbons (Fsp3) is 0.600. The lowest BCUT2D eigenvalue weighted by Crippen LogP contribution is -2.23. The maximum Gasteiger partial charge on any atom is 0.227 e. The molecule has 1 amide bonds. The van der Waals surface area contributed by atoms with E-state index in [2.05, 4.69) is 17.2 Å². The lowest BCUT2D eigenvalue weighted by Gasteiger charge is -2.29. The van der Waals surface area contributed by atoms with Gasteiger partial charge in [0.25, 0.3) is 0 Å². The topological polar surface area (TPSA) is 67.2 Å². The Morgan fingerprint density at radius 3 is 2.65 bits per heavy atom. The lowest BCUT2D eigenvalue weighted by atomic mass is 9.92. The molecule has 1 aromatic carbocycles. The first-order valence-corrected chi connectivity index (χ1v) is 9.40. The van der Waals surface area contributed by atoms with Crippen molar-refractivity contribution in [1.82, 2.24) is 9.55 Å². The first-order valence-electron chi connectivity index (χ1n) is 9.40. The van der Waals surface area contributed by atoms with Crippen molar-refractivity contribution in [3.63, 3.8) is 0 Å². The predicted octanol–water partition coefficient (Wildman–Crippen LogP) is 4.26. The van der Waals surface area contributed by atoms with Crippen LogP contribution in [-0.2, 0) is 10.4 Å². The van der Waals surface area contributed by atoms with Gasteiger partial charge in [-0.1, -0.05) is 6.92 Å². The summed E-state index contributed by atoms with van der Waals surface area (Å²) in [4.78, 5) is 16.8. The van der Waals surface area contributed by atoms with Gasteiger partial charge in [-0.2, -0.15) is 0 Å². The summed E-state index contributed by atoms with van der Waals surface area (Å²) in [5.41, 5.74) is 0.355. The molecule has 140 valence electrons. The molecular formula is C20H26FN3O2. The van der Waals surface area contributed by atoms with Crippen LogP contribution in [0.5, 0.6) is 0 Å². The predicted molar refractivity (Wildman–Crippen MR) is 98.4 cm³/mol. The van der Waals surface area contributed by atoms with Gasteiger partial charge in [0.1, 0.15) is 5.52 Å². The van der Waals surface area contributed by atoms with Crippen molar-refractivity contribution in [2.45, 2.75) is 70.9 Å². The molecule has 0 bridgehead atoms. The molecule has 2 fully saturated rings. The minimum atomic E-state index is -1.15. The summed E-state index contributed by atoms with van der Waals surface area (Å²) in [6.07, 6.45) is 5.70. The zero-order chi connectivity index (χ0) is 18.7. The number of amides is 1. The van der Waals surface area contributed by atoms with Gasteiger partial charge in [-0.15, -0.1) is 0 Å². The number of benzene rings is 1. The standard InChI is InChI=1S/C20H26FN3O2/c1-19(2,26)12-9-14(21)17-15(10-12)24(13-5-4-6-13)18(23-17)22-16(25)11-20(3)7-8-20/h9-10,13,26H,4-8,11H2,1-3H3,(H,22,23,25). The van der Waals surface area contributed by atoms with Crippen LogP contribution in [0.1, 0.15) is 70.9 Å². The highest BCUT2D eigenvalue weighted by molar-refractivity contribution is 5.92. The van der Waals surface area contributed by atoms with Gasteiger partial charge in [0.15, 0.2) is 5.82 Å². The summed E-state index contributed by atoms with van der Waals surface area (Å²) in [6.45, 7) is 5.38. The molecule has 2 N–H and O–H groups in total. The number of hydrogen-bond donors (Lipinski definition) is 2. The molecular weight excluding hydrogens is 333 g/mol. The van der Waals surface area contributed by atoms with E-state index in [1.807, 2.05) is 4.57 Å². The van der Waals surface area contributed by atoms with Gasteiger partial charge in [-0.3, -0.25) is 10.1 Å². The van der Waals surface area contributed by atoms with E-state index in [9.17, 15) is 14.3 Å². The van der Waals surface area contributed by atoms with E-state index in [0.29, 0.717) is 23.4 Å². The van der Waals surface area contributed by atoms with E-state index in [1.165, 1.54) is 6.07 Å². The molecule has 1 aromatic heterocycles. The molecule has 0 unspecified atom stereocenters. The average molecular weight is 359 g/mol. The van der Waals surface area contributed by atoms with Gasteiger partial charge in [0.05, 0.1) is 11.1 Å². The number of anilines is 1. The summed E-state index contributed by atoms with van der Waals surface area (Å²) in [5.74, 6) is -0.114. The number of rotatable bonds is 5. The third-order valence-electron chi connectivity index (χ3n) is 5.84. The lowest BCUT2D eigenvalue weighted by molar-refractivity contribution is -0.117. The largest absolute Gasteiger partial charge is 0.386 e. The summed E-state index contributed by atoms with van der Waals surface area (Å²) in [6, 6.07) is 3.34. The van der Waals surface area contributed by atoms with E-state index >= 15 is 0 Å². The Kier molecular flexibility index (Phi) is 3.88. The summed E-state index contributed by atoms with van der Waals surface area (Å²) in [5, 5.41) is 13.2. The van der Waals surface area contributed by atoms with E-state index < -0.39 is 11.4 Å². The third-order valence-corrected chi connectivity index (χ3v) is 5.84. The molecule has 0 radical (unpaired) electrons. The number of imidazole rings is 1. The smallest absolute Gasteiger partial charge is 0.227 e. The molecule has 0 spiro atoms. The number of nitrogens with one attached hydrogen (secondary N) is 1. The Hall–Kier alpha value is -1.95. The Morgan fingerprint density at radius 1 is 1.42 bits per heavy atom. The van der Waals surface area contributed by atoms with Crippen molar-refractivity contribution >= 4 is 22.9 Å². The van der Waals surface area contributed by atoms with Gasteiger partial charge in [-0.25, -0.2) is 9.37 Å². The maximum atomic E-state index is 14.7. The number of fused-ring (bicyclic) bond motifs is 1. The molecule has 2 aliphatic carbocycles. The first kappa shape index (κ1) is 17.5. The molecule has 2 aliphatic rings. The molecule has 1 heterocycles. The molecule has 26 heavy (non-hydrogen) atoms. The third kappa shape index (κ3) is 3.11. The van der Waals surface area contributed by atoms with Crippen molar-refractivity contribution < 1.29 is 14.3 Å². The SMILES string of the molecule is CC1(CC(=O)Nc2nc3c(F)cc(C(C)(C)O)cc3n2C2CCC2)CC1. The van der Waals surface area contributed by atoms with Crippen molar-refractivity contribution in [1.29, 1.82) is 0 Å². The summed E-state index contributed by atoms with van der Waals surface area (Å²) >= 11 is 0. The second kappa shape index (κ2) is 5.78. The van der Waals surface area contributed by atoms with Crippen LogP contribution in [0, 0.1) is 11.2 Å². The highest BCUT2D eigenvalue weighted by Crippen LogP contribution is 2.48. The van der Waals surface area contributed by atoms with Gasteiger partial charge in [0, 0.05) is 12.5 Å². The average Bonchev–Trinajstić information content (AvgIpc) is 3.09. The Morgan fingerprint density at radius 2 is 2.12 bits per heavy atom. The van der Waals surface area contributed by atoms with Crippen molar-refractivity contribution in [2.75, 3.05) is 5.32 Å². The zero-order valence-electron chi connectivity index (χ0n) is 15.6. The Bertz CT molecular complexity index is 873. The molecule has 2 saturated carbocycles. The normalized spacial score (nSPS) is 19.4. The van der Waals surface area contributed by atoms with Crippen LogP contribution in [-0.4, -0.2) is 20.6 Å². The first-order chi connectivity index (χ1) is 12.2. The highest BCUT2D eigenvalue weighted by Gasteiger charge is 2.39. The number of aromatic nitrogens is 2. The number of carbonyl (C=O) groups is 1. The minimum absolute atomic E-state index is 0.0657. The van der Waals surface area contributed by atoms with Crippen molar-refractivity contribution in [3.8, 4) is 0 Å². The number of aliphatic hydroxyl groups is 1. The number of hydrogen-bond acceptors (Lipinski definition) is 3. The molecule has 2 aromatic rings. The molecule has 5 nitrogen and oxygen atoms in total. The summed E-state index contributed by atoms with van der Waals surface area (Å²) < 4.78 is 16.6. The monoisotopic (exact) mass is 359 g/mol. The molecule has 0 saturated heterocycles. The Balaban J connectivity index is 1.76. The van der Waals surface area contributed by atoms with Crippen LogP contribution < -0.4 is 5.32 Å². The number of halogens is 1. The molecule has 4 rings (SSSR count). The fourth-order valence-electron chi connectivity index (χ4n) is 3.56. The molecule has 0 aliphatic heterocycles. The maximum absolute atomic E-state index is 14.7. The molecule has 6 heteroatoms. The molecule has 0 atom stereocenters. The van der Waals surface area contributed by atoms with E-state index in [1.54, 1.807) is 19.9 Å². The van der Waals surface area contributed by atoms with E-state index in [0.717, 1.165) is 32.1 Å². The number of carbonyl (C=O) groups excluding carboxylic acids is 1. The van der Waals surface area contributed by atoms with Gasteiger partial charge in [-0.05, 0) is 69.1 Å². The minimum Gasteiger partial charge on any atom is -0.386 e. The van der Waals surface area contributed by atoms with E-state index in [-0.39, 0.29) is 22.9 Å². The summed E-state index contributed by atoms with van der Waals surface area (Å²) in [7, 11) is 0. The van der Waals surface area contributed by atoms with Crippen molar-refractivity contribution in [3.05, 3.63) is 23.5 Å². The van der Waals surface area contributed by atoms with E-state index in [4.69, 9.17) is 0 Å². The second-order valence-electron chi connectivity index (χ2n) is 8.81. The van der Waals surface area contributed by atoms with Crippen LogP contribution in [0.4, 0.5) is 10.3 Å².